The smallest absolute Gasteiger partial charge is 0.236 e. The second-order valence-corrected chi connectivity index (χ2v) is 13.8. The maximum Gasteiger partial charge on any atom is 0.236 e. The van der Waals surface area contributed by atoms with Crippen LogP contribution >= 0.6 is 11.6 Å². The number of hydrogen-bond donors (Lipinski definition) is 0. The van der Waals surface area contributed by atoms with Crippen molar-refractivity contribution in [3.8, 4) is 11.5 Å². The van der Waals surface area contributed by atoms with Crippen LogP contribution in [-0.2, 0) is 16.0 Å². The third-order valence-electron chi connectivity index (χ3n) is 9.78. The molecule has 3 aliphatic rings. The SMILES string of the molecule is [2H]C([2H])([2H])Oc1cc2c(cc1OC(C)C)C(c1ccc(Cl)cc1)N(c1ccc(N(C)CC3CCC(N4CCN(C)C(=O)C4)CC3)nc1)C(=O)C2. The maximum absolute atomic E-state index is 14.0. The van der Waals surface area contributed by atoms with Crippen molar-refractivity contribution in [1.29, 1.82) is 0 Å². The molecule has 2 fully saturated rings. The van der Waals surface area contributed by atoms with Gasteiger partial charge in [0.1, 0.15) is 5.82 Å². The fraction of sp³-hybridized carbons (Fsp3) is 0.486. The zero-order chi connectivity index (χ0) is 35.7. The van der Waals surface area contributed by atoms with Gasteiger partial charge in [0.15, 0.2) is 11.5 Å². The molecule has 3 aromatic rings. The van der Waals surface area contributed by atoms with Gasteiger partial charge >= 0.3 is 0 Å². The number of piperazine rings is 1. The highest BCUT2D eigenvalue weighted by molar-refractivity contribution is 6.30. The van der Waals surface area contributed by atoms with E-state index in [1.165, 1.54) is 0 Å². The van der Waals surface area contributed by atoms with Crippen molar-refractivity contribution >= 4 is 34.9 Å². The van der Waals surface area contributed by atoms with E-state index in [-0.39, 0.29) is 30.1 Å². The molecular weight excluding hydrogens is 614 g/mol. The third kappa shape index (κ3) is 7.21. The Labute approximate surface area is 287 Å². The van der Waals surface area contributed by atoms with Crippen LogP contribution < -0.4 is 19.3 Å². The Kier molecular flexibility index (Phi) is 8.81. The zero-order valence-electron chi connectivity index (χ0n) is 30.6. The number of aromatic nitrogens is 1. The number of methoxy groups -OCH3 is 1. The maximum atomic E-state index is 14.0. The van der Waals surface area contributed by atoms with Gasteiger partial charge in [0.2, 0.25) is 11.8 Å². The Hall–Kier alpha value is -3.82. The zero-order valence-corrected chi connectivity index (χ0v) is 28.4. The van der Waals surface area contributed by atoms with E-state index in [0.717, 1.165) is 62.3 Å². The van der Waals surface area contributed by atoms with Crippen LogP contribution in [0.15, 0.2) is 54.7 Å². The molecule has 10 heteroatoms. The summed E-state index contributed by atoms with van der Waals surface area (Å²) >= 11 is 6.27. The summed E-state index contributed by atoms with van der Waals surface area (Å²) in [5, 5.41) is 0.574. The average molecular weight is 663 g/mol. The van der Waals surface area contributed by atoms with Crippen molar-refractivity contribution in [3.63, 3.8) is 0 Å². The summed E-state index contributed by atoms with van der Waals surface area (Å²) in [6.07, 6.45) is 5.97. The minimum Gasteiger partial charge on any atom is -0.493 e. The Balaban J connectivity index is 1.22. The molecule has 1 atom stereocenters. The van der Waals surface area contributed by atoms with Gasteiger partial charge in [-0.3, -0.25) is 19.4 Å². The first kappa shape index (κ1) is 29.3. The van der Waals surface area contributed by atoms with E-state index in [0.29, 0.717) is 40.5 Å². The molecule has 1 unspecified atom stereocenters. The van der Waals surface area contributed by atoms with E-state index in [1.807, 2.05) is 50.1 Å². The molecule has 0 bridgehead atoms. The summed E-state index contributed by atoms with van der Waals surface area (Å²) in [4.78, 5) is 39.1. The van der Waals surface area contributed by atoms with E-state index >= 15 is 0 Å². The van der Waals surface area contributed by atoms with Crippen LogP contribution in [-0.4, -0.2) is 86.1 Å². The number of halogens is 1. The average Bonchev–Trinajstić information content (AvgIpc) is 3.06. The highest BCUT2D eigenvalue weighted by Crippen LogP contribution is 2.44. The van der Waals surface area contributed by atoms with Gasteiger partial charge < -0.3 is 19.3 Å². The molecule has 250 valence electrons. The topological polar surface area (TPSA) is 78.5 Å². The van der Waals surface area contributed by atoms with Gasteiger partial charge in [-0.15, -0.1) is 0 Å². The van der Waals surface area contributed by atoms with Gasteiger partial charge in [-0.1, -0.05) is 23.7 Å². The monoisotopic (exact) mass is 662 g/mol. The van der Waals surface area contributed by atoms with Gasteiger partial charge in [0.05, 0.1) is 48.1 Å². The van der Waals surface area contributed by atoms with Gasteiger partial charge in [-0.2, -0.15) is 0 Å². The lowest BCUT2D eigenvalue weighted by molar-refractivity contribution is -0.135. The fourth-order valence-electron chi connectivity index (χ4n) is 7.26. The first-order chi connectivity index (χ1) is 23.8. The van der Waals surface area contributed by atoms with E-state index in [1.54, 1.807) is 35.4 Å². The van der Waals surface area contributed by atoms with Gasteiger partial charge in [-0.25, -0.2) is 4.98 Å². The van der Waals surface area contributed by atoms with Gasteiger partial charge in [0.25, 0.3) is 0 Å². The lowest BCUT2D eigenvalue weighted by atomic mass is 9.84. The minimum atomic E-state index is -2.68. The molecule has 2 aromatic carbocycles. The molecule has 2 aliphatic heterocycles. The molecule has 0 spiro atoms. The number of rotatable bonds is 9. The molecule has 9 nitrogen and oxygen atoms in total. The molecule has 3 heterocycles. The fourth-order valence-corrected chi connectivity index (χ4v) is 7.38. The molecular formula is C37H46ClN5O4. The van der Waals surface area contributed by atoms with Crippen molar-refractivity contribution in [2.24, 2.45) is 5.92 Å². The van der Waals surface area contributed by atoms with Crippen LogP contribution in [0.25, 0.3) is 0 Å². The van der Waals surface area contributed by atoms with Gasteiger partial charge in [0, 0.05) is 44.8 Å². The summed E-state index contributed by atoms with van der Waals surface area (Å²) in [5.74, 6) is 1.79. The number of anilines is 2. The molecule has 1 saturated carbocycles. The second-order valence-electron chi connectivity index (χ2n) is 13.4. The summed E-state index contributed by atoms with van der Waals surface area (Å²) in [5.41, 5.74) is 2.95. The Bertz CT molecular complexity index is 1680. The van der Waals surface area contributed by atoms with Crippen molar-refractivity contribution in [2.75, 3.05) is 57.1 Å². The van der Waals surface area contributed by atoms with E-state index < -0.39 is 13.1 Å². The highest BCUT2D eigenvalue weighted by Gasteiger charge is 2.37. The Morgan fingerprint density at radius 2 is 1.79 bits per heavy atom. The number of ether oxygens (including phenoxy) is 2. The first-order valence-corrected chi connectivity index (χ1v) is 16.9. The number of hydrogen-bond acceptors (Lipinski definition) is 7. The molecule has 1 aromatic heterocycles. The van der Waals surface area contributed by atoms with Crippen molar-refractivity contribution in [3.05, 3.63) is 76.4 Å². The van der Waals surface area contributed by atoms with Crippen molar-refractivity contribution in [1.82, 2.24) is 14.8 Å². The Morgan fingerprint density at radius 3 is 2.45 bits per heavy atom. The number of benzene rings is 2. The number of likely N-dealkylation sites (N-methyl/N-ethyl adjacent to an activating group) is 1. The molecule has 47 heavy (non-hydrogen) atoms. The van der Waals surface area contributed by atoms with Gasteiger partial charge in [-0.05, 0) is 98.5 Å². The summed E-state index contributed by atoms with van der Waals surface area (Å²) in [6, 6.07) is 14.6. The number of amides is 2. The van der Waals surface area contributed by atoms with E-state index in [4.69, 9.17) is 30.2 Å². The lowest BCUT2D eigenvalue weighted by Gasteiger charge is -2.41. The standard InChI is InChI=1S/C37H46ClN5O4/c1-24(2)47-33-20-31-27(18-32(33)46-5)19-35(44)43(37(31)26-8-10-28(38)11-9-26)30-14-15-34(39-21-30)41(4)22-25-6-12-29(13-7-25)42-17-16-40(3)36(45)23-42/h8-11,14-15,18,20-21,24-25,29,37H,6-7,12-13,16-17,19,22-23H2,1-5H3/i5D3. The van der Waals surface area contributed by atoms with E-state index in [2.05, 4.69) is 16.8 Å². The predicted molar refractivity (Wildman–Crippen MR) is 186 cm³/mol. The summed E-state index contributed by atoms with van der Waals surface area (Å²) < 4.78 is 34.4. The quantitative estimate of drug-likeness (QED) is 0.279. The molecule has 2 amide bonds. The number of nitrogens with zero attached hydrogens (tertiary/aromatic N) is 5. The number of fused-ring (bicyclic) bond motifs is 1. The largest absolute Gasteiger partial charge is 0.493 e. The molecule has 1 saturated heterocycles. The number of pyridine rings is 1. The molecule has 0 radical (unpaired) electrons. The predicted octanol–water partition coefficient (Wildman–Crippen LogP) is 5.98. The first-order valence-electron chi connectivity index (χ1n) is 18.0. The molecule has 1 aliphatic carbocycles. The minimum absolute atomic E-state index is 0.0470. The number of carbonyl (C=O) groups excluding carboxylic acids is 2. The lowest BCUT2D eigenvalue weighted by Crippen LogP contribution is -2.53. The van der Waals surface area contributed by atoms with E-state index in [9.17, 15) is 9.59 Å². The van der Waals surface area contributed by atoms with Crippen LogP contribution in [0.2, 0.25) is 5.02 Å². The van der Waals surface area contributed by atoms with Crippen molar-refractivity contribution < 1.29 is 23.2 Å². The molecule has 0 N–H and O–H groups in total. The highest BCUT2D eigenvalue weighted by atomic mass is 35.5. The molecule has 6 rings (SSSR count). The van der Waals surface area contributed by atoms with Crippen LogP contribution in [0.4, 0.5) is 11.5 Å². The Morgan fingerprint density at radius 1 is 1.02 bits per heavy atom. The normalized spacial score (nSPS) is 23.2. The summed E-state index contributed by atoms with van der Waals surface area (Å²) in [6.45, 7) is 6.87. The van der Waals surface area contributed by atoms with Crippen LogP contribution in [0, 0.1) is 5.92 Å². The van der Waals surface area contributed by atoms with Crippen LogP contribution in [0.1, 0.15) is 66.4 Å². The number of carbonyl (C=O) groups is 2. The second kappa shape index (κ2) is 14.1. The van der Waals surface area contributed by atoms with Crippen LogP contribution in [0.3, 0.4) is 0 Å². The van der Waals surface area contributed by atoms with Crippen molar-refractivity contribution in [2.45, 2.75) is 64.1 Å². The summed E-state index contributed by atoms with van der Waals surface area (Å²) in [7, 11) is 1.25. The van der Waals surface area contributed by atoms with Crippen LogP contribution in [0.5, 0.6) is 11.5 Å². The third-order valence-corrected chi connectivity index (χ3v) is 10.0.